The van der Waals surface area contributed by atoms with Gasteiger partial charge in [-0.3, -0.25) is 24.1 Å². The normalized spacial score (nSPS) is 28.9. The lowest BCUT2D eigenvalue weighted by Gasteiger charge is -2.42. The van der Waals surface area contributed by atoms with Gasteiger partial charge in [-0.15, -0.1) is 0 Å². The first-order valence-electron chi connectivity index (χ1n) is 11.2. The zero-order valence-electron chi connectivity index (χ0n) is 18.8. The van der Waals surface area contributed by atoms with Crippen molar-refractivity contribution >= 4 is 23.4 Å². The van der Waals surface area contributed by atoms with Crippen LogP contribution in [0.2, 0.25) is 0 Å². The van der Waals surface area contributed by atoms with Crippen molar-refractivity contribution in [2.45, 2.75) is 32.6 Å². The maximum atomic E-state index is 13.2. The number of phenolic OH excluding ortho intramolecular Hbond substituents is 1. The van der Waals surface area contributed by atoms with Crippen molar-refractivity contribution in [1.82, 2.24) is 4.90 Å². The molecule has 0 unspecified atom stereocenters. The predicted octanol–water partition coefficient (Wildman–Crippen LogP) is 2.85. The second kappa shape index (κ2) is 7.54. The van der Waals surface area contributed by atoms with Gasteiger partial charge in [-0.1, -0.05) is 17.7 Å². The SMILES string of the molecule is CCN1C(=O)[C@H]2[C@H](CC=C3[C@H](c4ccc(OC)cc4O)C4=C(C[C@H]32)C(=O)C(C)=CC4=O)C1=O. The molecule has 0 saturated carbocycles. The van der Waals surface area contributed by atoms with Crippen LogP contribution in [0.25, 0.3) is 0 Å². The Morgan fingerprint density at radius 1 is 1.12 bits per heavy atom. The third-order valence-electron chi connectivity index (χ3n) is 7.52. The van der Waals surface area contributed by atoms with E-state index in [2.05, 4.69) is 0 Å². The van der Waals surface area contributed by atoms with Crippen molar-refractivity contribution in [1.29, 1.82) is 0 Å². The summed E-state index contributed by atoms with van der Waals surface area (Å²) in [4.78, 5) is 53.7. The average molecular weight is 447 g/mol. The number of phenols is 1. The van der Waals surface area contributed by atoms with Crippen LogP contribution < -0.4 is 4.74 Å². The highest BCUT2D eigenvalue weighted by Gasteiger charge is 2.56. The summed E-state index contributed by atoms with van der Waals surface area (Å²) in [6.45, 7) is 3.70. The lowest BCUT2D eigenvalue weighted by atomic mass is 9.59. The summed E-state index contributed by atoms with van der Waals surface area (Å²) in [6, 6.07) is 4.87. The van der Waals surface area contributed by atoms with Crippen molar-refractivity contribution < 1.29 is 29.0 Å². The van der Waals surface area contributed by atoms with E-state index in [1.165, 1.54) is 24.2 Å². The number of hydrogen-bond donors (Lipinski definition) is 1. The van der Waals surface area contributed by atoms with Crippen LogP contribution >= 0.6 is 0 Å². The van der Waals surface area contributed by atoms with Crippen LogP contribution in [0.15, 0.2) is 52.6 Å². The van der Waals surface area contributed by atoms with Gasteiger partial charge in [-0.2, -0.15) is 0 Å². The van der Waals surface area contributed by atoms with Gasteiger partial charge in [0.15, 0.2) is 11.6 Å². The third-order valence-corrected chi connectivity index (χ3v) is 7.52. The highest BCUT2D eigenvalue weighted by atomic mass is 16.5. The molecule has 1 aliphatic heterocycles. The number of aromatic hydroxyl groups is 1. The smallest absolute Gasteiger partial charge is 0.233 e. The lowest BCUT2D eigenvalue weighted by molar-refractivity contribution is -0.139. The van der Waals surface area contributed by atoms with E-state index in [0.29, 0.717) is 41.0 Å². The van der Waals surface area contributed by atoms with Gasteiger partial charge >= 0.3 is 0 Å². The van der Waals surface area contributed by atoms with Gasteiger partial charge in [0.1, 0.15) is 11.5 Å². The molecule has 1 N–H and O–H groups in total. The minimum atomic E-state index is -0.662. The Morgan fingerprint density at radius 3 is 2.55 bits per heavy atom. The lowest BCUT2D eigenvalue weighted by Crippen LogP contribution is -2.39. The highest BCUT2D eigenvalue weighted by molar-refractivity contribution is 6.23. The van der Waals surface area contributed by atoms with E-state index in [9.17, 15) is 24.3 Å². The van der Waals surface area contributed by atoms with E-state index >= 15 is 0 Å². The molecule has 7 heteroatoms. The summed E-state index contributed by atoms with van der Waals surface area (Å²) in [5, 5.41) is 10.9. The summed E-state index contributed by atoms with van der Waals surface area (Å²) in [5.41, 5.74) is 2.41. The number of nitrogens with zero attached hydrogens (tertiary/aromatic N) is 1. The first kappa shape index (κ1) is 21.4. The van der Waals surface area contributed by atoms with Crippen molar-refractivity contribution in [3.05, 3.63) is 58.2 Å². The molecule has 4 aliphatic rings. The maximum absolute atomic E-state index is 13.2. The molecule has 3 aliphatic carbocycles. The van der Waals surface area contributed by atoms with Crippen LogP contribution in [0.1, 0.15) is 38.2 Å². The molecule has 0 radical (unpaired) electrons. The molecule has 0 aromatic heterocycles. The fraction of sp³-hybridized carbons (Fsp3) is 0.385. The molecule has 33 heavy (non-hydrogen) atoms. The number of allylic oxidation sites excluding steroid dienone is 6. The van der Waals surface area contributed by atoms with Crippen LogP contribution in [0.3, 0.4) is 0 Å². The number of imide groups is 1. The number of benzene rings is 1. The number of carbonyl (C=O) groups is 4. The Bertz CT molecular complexity index is 1220. The first-order valence-corrected chi connectivity index (χ1v) is 11.2. The van der Waals surface area contributed by atoms with E-state index in [4.69, 9.17) is 4.74 Å². The van der Waals surface area contributed by atoms with Gasteiger partial charge in [0, 0.05) is 40.8 Å². The fourth-order valence-corrected chi connectivity index (χ4v) is 6.01. The van der Waals surface area contributed by atoms with Crippen molar-refractivity contribution in [2.24, 2.45) is 17.8 Å². The minimum Gasteiger partial charge on any atom is -0.507 e. The number of ketones is 2. The Kier molecular flexibility index (Phi) is 4.88. The molecule has 4 atom stereocenters. The monoisotopic (exact) mass is 447 g/mol. The standard InChI is InChI=1S/C26H25NO6/c1-4-27-25(31)16-8-7-14-17(22(16)26(27)32)11-18-23(20(29)9-12(2)24(18)30)21(14)15-6-5-13(33-3)10-19(15)28/h5-7,9-10,16-17,21-22,28H,4,8,11H2,1-3H3/t16-,17+,21+,22-/m0/s1. The van der Waals surface area contributed by atoms with Gasteiger partial charge in [-0.25, -0.2) is 0 Å². The van der Waals surface area contributed by atoms with Gasteiger partial charge < -0.3 is 9.84 Å². The molecular formula is C26H25NO6. The van der Waals surface area contributed by atoms with Gasteiger partial charge in [0.2, 0.25) is 11.8 Å². The molecule has 2 amide bonds. The molecule has 0 spiro atoms. The summed E-state index contributed by atoms with van der Waals surface area (Å²) in [5.74, 6) is -2.51. The Hall–Kier alpha value is -3.48. The average Bonchev–Trinajstić information content (AvgIpc) is 3.05. The van der Waals surface area contributed by atoms with Gasteiger partial charge in [-0.05, 0) is 44.7 Å². The second-order valence-corrected chi connectivity index (χ2v) is 9.07. The largest absolute Gasteiger partial charge is 0.507 e. The Morgan fingerprint density at radius 2 is 1.88 bits per heavy atom. The van der Waals surface area contributed by atoms with Gasteiger partial charge in [0.25, 0.3) is 0 Å². The molecule has 0 bridgehead atoms. The van der Waals surface area contributed by atoms with E-state index < -0.39 is 17.8 Å². The molecule has 1 aromatic carbocycles. The van der Waals surface area contributed by atoms with E-state index in [-0.39, 0.29) is 41.5 Å². The topological polar surface area (TPSA) is 101 Å². The molecule has 1 aromatic rings. The molecule has 1 saturated heterocycles. The summed E-state index contributed by atoms with van der Waals surface area (Å²) in [7, 11) is 1.49. The number of rotatable bonds is 3. The molecular weight excluding hydrogens is 422 g/mol. The van der Waals surface area contributed by atoms with Crippen LogP contribution in [-0.4, -0.2) is 47.0 Å². The number of Topliss-reactive ketones (excluding diaryl/α,β-unsaturated/α-hetero) is 1. The number of amides is 2. The van der Waals surface area contributed by atoms with Crippen LogP contribution in [0.4, 0.5) is 0 Å². The number of methoxy groups -OCH3 is 1. The quantitative estimate of drug-likeness (QED) is 0.434. The van der Waals surface area contributed by atoms with Crippen LogP contribution in [0.5, 0.6) is 11.5 Å². The summed E-state index contributed by atoms with van der Waals surface area (Å²) >= 11 is 0. The molecule has 5 rings (SSSR count). The Balaban J connectivity index is 1.71. The second-order valence-electron chi connectivity index (χ2n) is 9.07. The summed E-state index contributed by atoms with van der Waals surface area (Å²) in [6.07, 6.45) is 3.92. The minimum absolute atomic E-state index is 0.0505. The zero-order chi connectivity index (χ0) is 23.6. The molecule has 170 valence electrons. The van der Waals surface area contributed by atoms with E-state index in [1.54, 1.807) is 26.0 Å². The predicted molar refractivity (Wildman–Crippen MR) is 118 cm³/mol. The van der Waals surface area contributed by atoms with Gasteiger partial charge in [0.05, 0.1) is 18.9 Å². The van der Waals surface area contributed by atoms with Crippen molar-refractivity contribution in [2.75, 3.05) is 13.7 Å². The summed E-state index contributed by atoms with van der Waals surface area (Å²) < 4.78 is 5.20. The molecule has 1 heterocycles. The zero-order valence-corrected chi connectivity index (χ0v) is 18.8. The Labute approximate surface area is 191 Å². The van der Waals surface area contributed by atoms with Crippen molar-refractivity contribution in [3.8, 4) is 11.5 Å². The van der Waals surface area contributed by atoms with Crippen molar-refractivity contribution in [3.63, 3.8) is 0 Å². The fourth-order valence-electron chi connectivity index (χ4n) is 6.01. The van der Waals surface area contributed by atoms with E-state index in [1.807, 2.05) is 6.08 Å². The van der Waals surface area contributed by atoms with Crippen LogP contribution in [0, 0.1) is 17.8 Å². The number of hydrogen-bond acceptors (Lipinski definition) is 6. The number of carbonyl (C=O) groups excluding carboxylic acids is 4. The number of fused-ring (bicyclic) bond motifs is 3. The number of ether oxygens (including phenoxy) is 1. The number of likely N-dealkylation sites (tertiary alicyclic amines) is 1. The third kappa shape index (κ3) is 2.95. The highest BCUT2D eigenvalue weighted by Crippen LogP contribution is 2.56. The maximum Gasteiger partial charge on any atom is 0.233 e. The van der Waals surface area contributed by atoms with Crippen LogP contribution in [-0.2, 0) is 19.2 Å². The van der Waals surface area contributed by atoms with E-state index in [0.717, 1.165) is 5.57 Å². The first-order chi connectivity index (χ1) is 15.8. The molecule has 7 nitrogen and oxygen atoms in total. The molecule has 1 fully saturated rings.